The van der Waals surface area contributed by atoms with Crippen LogP contribution < -0.4 is 4.90 Å². The van der Waals surface area contributed by atoms with Gasteiger partial charge >= 0.3 is 0 Å². The first-order chi connectivity index (χ1) is 13.8. The van der Waals surface area contributed by atoms with Crippen molar-refractivity contribution in [3.8, 4) is 0 Å². The molecule has 0 radical (unpaired) electrons. The van der Waals surface area contributed by atoms with Crippen LogP contribution in [-0.2, 0) is 14.8 Å². The van der Waals surface area contributed by atoms with E-state index in [2.05, 4.69) is 4.90 Å². The molecule has 1 amide bonds. The van der Waals surface area contributed by atoms with Crippen molar-refractivity contribution in [3.63, 3.8) is 0 Å². The lowest BCUT2D eigenvalue weighted by Crippen LogP contribution is -2.51. The lowest BCUT2D eigenvalue weighted by Gasteiger charge is -2.36. The number of hydrogen-bond acceptors (Lipinski definition) is 4. The highest BCUT2D eigenvalue weighted by molar-refractivity contribution is 7.89. The molecule has 8 heteroatoms. The molecule has 2 aromatic rings. The van der Waals surface area contributed by atoms with Crippen molar-refractivity contribution in [1.82, 2.24) is 9.21 Å². The van der Waals surface area contributed by atoms with Crippen LogP contribution in [0.1, 0.15) is 12.5 Å². The molecule has 1 heterocycles. The van der Waals surface area contributed by atoms with E-state index in [1.165, 1.54) is 16.4 Å². The minimum atomic E-state index is -3.72. The second-order valence-electron chi connectivity index (χ2n) is 7.09. The van der Waals surface area contributed by atoms with E-state index in [1.807, 2.05) is 6.92 Å². The number of anilines is 1. The van der Waals surface area contributed by atoms with Gasteiger partial charge in [-0.25, -0.2) is 12.8 Å². The molecule has 0 atom stereocenters. The maximum Gasteiger partial charge on any atom is 0.243 e. The molecular formula is C21H26FN3O3S. The second kappa shape index (κ2) is 8.92. The molecule has 0 saturated carbocycles. The number of benzene rings is 2. The first-order valence-electron chi connectivity index (χ1n) is 9.66. The van der Waals surface area contributed by atoms with Crippen molar-refractivity contribution in [2.24, 2.45) is 0 Å². The van der Waals surface area contributed by atoms with E-state index < -0.39 is 10.0 Å². The number of halogens is 1. The van der Waals surface area contributed by atoms with Gasteiger partial charge in [0.15, 0.2) is 0 Å². The molecule has 0 aromatic heterocycles. The van der Waals surface area contributed by atoms with Gasteiger partial charge < -0.3 is 9.80 Å². The predicted molar refractivity (Wildman–Crippen MR) is 111 cm³/mol. The molecule has 6 nitrogen and oxygen atoms in total. The molecule has 29 heavy (non-hydrogen) atoms. The van der Waals surface area contributed by atoms with Crippen molar-refractivity contribution < 1.29 is 17.6 Å². The van der Waals surface area contributed by atoms with E-state index in [0.717, 1.165) is 11.3 Å². The number of nitrogens with zero attached hydrogens (tertiary/aromatic N) is 3. The Hall–Kier alpha value is -2.45. The Labute approximate surface area is 171 Å². The summed E-state index contributed by atoms with van der Waals surface area (Å²) in [7, 11) is -3.72. The van der Waals surface area contributed by atoms with Crippen molar-refractivity contribution in [1.29, 1.82) is 0 Å². The number of carbonyl (C=O) groups excluding carboxylic acids is 1. The third kappa shape index (κ3) is 4.94. The minimum absolute atomic E-state index is 0.177. The summed E-state index contributed by atoms with van der Waals surface area (Å²) in [5.41, 5.74) is 1.89. The van der Waals surface area contributed by atoms with Gasteiger partial charge in [-0.15, -0.1) is 0 Å². The van der Waals surface area contributed by atoms with Gasteiger partial charge in [0.05, 0.1) is 11.4 Å². The summed E-state index contributed by atoms with van der Waals surface area (Å²) in [5.74, 6) is -0.488. The van der Waals surface area contributed by atoms with Gasteiger partial charge in [-0.1, -0.05) is 24.6 Å². The van der Waals surface area contributed by atoms with Crippen LogP contribution in [-0.4, -0.2) is 62.8 Å². The summed E-state index contributed by atoms with van der Waals surface area (Å²) in [6.45, 7) is 5.90. The van der Waals surface area contributed by atoms with E-state index >= 15 is 0 Å². The van der Waals surface area contributed by atoms with Gasteiger partial charge in [0.1, 0.15) is 5.82 Å². The highest BCUT2D eigenvalue weighted by Gasteiger charge is 2.28. The molecular weight excluding hydrogens is 393 g/mol. The van der Waals surface area contributed by atoms with Crippen LogP contribution >= 0.6 is 0 Å². The molecule has 1 aliphatic rings. The average Bonchev–Trinajstić information content (AvgIpc) is 2.72. The lowest BCUT2D eigenvalue weighted by molar-refractivity contribution is -0.131. The molecule has 0 unspecified atom stereocenters. The fraction of sp³-hybridized carbons (Fsp3) is 0.381. The Kier molecular flexibility index (Phi) is 6.54. The molecule has 0 aliphatic carbocycles. The van der Waals surface area contributed by atoms with Gasteiger partial charge in [0.2, 0.25) is 15.9 Å². The molecule has 0 N–H and O–H groups in total. The number of likely N-dealkylation sites (N-methyl/N-ethyl adjacent to an activating group) is 1. The highest BCUT2D eigenvalue weighted by atomic mass is 32.2. The van der Waals surface area contributed by atoms with Crippen LogP contribution in [0.2, 0.25) is 0 Å². The largest absolute Gasteiger partial charge is 0.368 e. The molecule has 156 valence electrons. The Morgan fingerprint density at radius 2 is 1.59 bits per heavy atom. The number of aryl methyl sites for hydroxylation is 1. The fourth-order valence-corrected chi connectivity index (χ4v) is 4.74. The van der Waals surface area contributed by atoms with E-state index in [1.54, 1.807) is 48.2 Å². The van der Waals surface area contributed by atoms with Crippen molar-refractivity contribution >= 4 is 21.6 Å². The Bertz CT molecular complexity index is 938. The number of sulfonamides is 1. The number of piperazine rings is 1. The summed E-state index contributed by atoms with van der Waals surface area (Å²) in [6, 6.07) is 12.9. The molecule has 3 rings (SSSR count). The first-order valence-corrected chi connectivity index (χ1v) is 11.1. The van der Waals surface area contributed by atoms with E-state index in [0.29, 0.717) is 26.2 Å². The van der Waals surface area contributed by atoms with Crippen LogP contribution in [0.4, 0.5) is 10.1 Å². The van der Waals surface area contributed by atoms with Gasteiger partial charge in [-0.05, 0) is 43.3 Å². The summed E-state index contributed by atoms with van der Waals surface area (Å²) in [6.07, 6.45) is 0. The summed E-state index contributed by atoms with van der Waals surface area (Å²) < 4.78 is 40.1. The molecule has 0 bridgehead atoms. The lowest BCUT2D eigenvalue weighted by atomic mass is 10.2. The van der Waals surface area contributed by atoms with Crippen LogP contribution in [0.3, 0.4) is 0 Å². The molecule has 1 aliphatic heterocycles. The van der Waals surface area contributed by atoms with Crippen LogP contribution in [0, 0.1) is 12.7 Å². The summed E-state index contributed by atoms with van der Waals surface area (Å²) >= 11 is 0. The van der Waals surface area contributed by atoms with Crippen molar-refractivity contribution in [3.05, 3.63) is 59.9 Å². The minimum Gasteiger partial charge on any atom is -0.368 e. The molecule has 1 fully saturated rings. The monoisotopic (exact) mass is 419 g/mol. The number of rotatable bonds is 6. The maximum atomic E-state index is 13.1. The van der Waals surface area contributed by atoms with Crippen molar-refractivity contribution in [2.75, 3.05) is 44.2 Å². The van der Waals surface area contributed by atoms with Gasteiger partial charge in [-0.3, -0.25) is 4.79 Å². The standard InChI is InChI=1S/C21H26FN3O3S/c1-3-25(29(27,28)20-10-4-17(2)5-11-20)16-21(26)24-14-12-23(13-15-24)19-8-6-18(22)7-9-19/h4-11H,3,12-16H2,1-2H3. The Morgan fingerprint density at radius 1 is 1.00 bits per heavy atom. The molecule has 2 aromatic carbocycles. The number of carbonyl (C=O) groups is 1. The second-order valence-corrected chi connectivity index (χ2v) is 9.03. The third-order valence-corrected chi connectivity index (χ3v) is 7.08. The number of hydrogen-bond donors (Lipinski definition) is 0. The van der Waals surface area contributed by atoms with Crippen molar-refractivity contribution in [2.45, 2.75) is 18.7 Å². The quantitative estimate of drug-likeness (QED) is 0.722. The number of amides is 1. The summed E-state index contributed by atoms with van der Waals surface area (Å²) in [4.78, 5) is 16.7. The Balaban J connectivity index is 1.61. The normalized spacial score (nSPS) is 15.0. The first kappa shape index (κ1) is 21.3. The zero-order valence-electron chi connectivity index (χ0n) is 16.7. The van der Waals surface area contributed by atoms with Gasteiger partial charge in [0, 0.05) is 38.4 Å². The average molecular weight is 420 g/mol. The zero-order valence-corrected chi connectivity index (χ0v) is 17.5. The molecule has 1 saturated heterocycles. The van der Waals surface area contributed by atoms with E-state index in [-0.39, 0.29) is 29.7 Å². The summed E-state index contributed by atoms with van der Waals surface area (Å²) in [5, 5.41) is 0. The fourth-order valence-electron chi connectivity index (χ4n) is 3.34. The smallest absolute Gasteiger partial charge is 0.243 e. The van der Waals surface area contributed by atoms with Crippen LogP contribution in [0.25, 0.3) is 0 Å². The zero-order chi connectivity index (χ0) is 21.0. The van der Waals surface area contributed by atoms with Crippen LogP contribution in [0.5, 0.6) is 0 Å². The van der Waals surface area contributed by atoms with E-state index in [4.69, 9.17) is 0 Å². The van der Waals surface area contributed by atoms with Crippen LogP contribution in [0.15, 0.2) is 53.4 Å². The highest BCUT2D eigenvalue weighted by Crippen LogP contribution is 2.19. The molecule has 0 spiro atoms. The predicted octanol–water partition coefficient (Wildman–Crippen LogP) is 2.49. The maximum absolute atomic E-state index is 13.1. The van der Waals surface area contributed by atoms with Gasteiger partial charge in [-0.2, -0.15) is 4.31 Å². The third-order valence-electron chi connectivity index (χ3n) is 5.15. The SMILES string of the molecule is CCN(CC(=O)N1CCN(c2ccc(F)cc2)CC1)S(=O)(=O)c1ccc(C)cc1. The Morgan fingerprint density at radius 3 is 2.14 bits per heavy atom. The topological polar surface area (TPSA) is 60.9 Å². The van der Waals surface area contributed by atoms with Gasteiger partial charge in [0.25, 0.3) is 0 Å². The van der Waals surface area contributed by atoms with E-state index in [9.17, 15) is 17.6 Å².